The molecule has 1 fully saturated rings. The number of nitrogens with zero attached hydrogens (tertiary/aromatic N) is 2. The topological polar surface area (TPSA) is 76.3 Å². The van der Waals surface area contributed by atoms with Crippen molar-refractivity contribution in [3.63, 3.8) is 0 Å². The monoisotopic (exact) mass is 303 g/mol. The lowest BCUT2D eigenvalue weighted by atomic mass is 10.1. The van der Waals surface area contributed by atoms with Gasteiger partial charge in [0.2, 0.25) is 10.0 Å². The van der Waals surface area contributed by atoms with E-state index in [0.717, 1.165) is 24.0 Å². The Morgan fingerprint density at radius 1 is 0.952 bits per heavy atom. The Morgan fingerprint density at radius 3 is 2.14 bits per heavy atom. The van der Waals surface area contributed by atoms with E-state index in [2.05, 4.69) is 4.98 Å². The molecule has 21 heavy (non-hydrogen) atoms. The predicted molar refractivity (Wildman–Crippen MR) is 82.1 cm³/mol. The van der Waals surface area contributed by atoms with Crippen molar-refractivity contribution < 1.29 is 8.42 Å². The van der Waals surface area contributed by atoms with Gasteiger partial charge in [-0.3, -0.25) is 0 Å². The lowest BCUT2D eigenvalue weighted by Gasteiger charge is -2.15. The van der Waals surface area contributed by atoms with Gasteiger partial charge in [-0.1, -0.05) is 12.1 Å². The molecule has 1 aromatic heterocycles. The maximum absolute atomic E-state index is 12.4. The molecule has 0 radical (unpaired) electrons. The molecular formula is C15H17N3O2S. The van der Waals surface area contributed by atoms with Crippen LogP contribution in [-0.4, -0.2) is 30.8 Å². The summed E-state index contributed by atoms with van der Waals surface area (Å²) in [5.74, 6) is 0.465. The van der Waals surface area contributed by atoms with Crippen molar-refractivity contribution >= 4 is 15.8 Å². The molecule has 3 rings (SSSR count). The molecular weight excluding hydrogens is 286 g/mol. The summed E-state index contributed by atoms with van der Waals surface area (Å²) in [7, 11) is -3.35. The molecule has 110 valence electrons. The average Bonchev–Trinajstić information content (AvgIpc) is 3.03. The summed E-state index contributed by atoms with van der Waals surface area (Å²) < 4.78 is 26.4. The first-order chi connectivity index (χ1) is 10.1. The number of pyridine rings is 1. The smallest absolute Gasteiger partial charge is 0.243 e. The van der Waals surface area contributed by atoms with Crippen LogP contribution in [0, 0.1) is 0 Å². The second-order valence-corrected chi connectivity index (χ2v) is 7.05. The van der Waals surface area contributed by atoms with Crippen LogP contribution in [0.25, 0.3) is 11.1 Å². The molecule has 1 saturated heterocycles. The fourth-order valence-electron chi connectivity index (χ4n) is 2.47. The predicted octanol–water partition coefficient (Wildman–Crippen LogP) is 2.12. The molecule has 0 bridgehead atoms. The van der Waals surface area contributed by atoms with Crippen LogP contribution in [0.4, 0.5) is 5.82 Å². The molecule has 0 saturated carbocycles. The fourth-order valence-corrected chi connectivity index (χ4v) is 3.99. The van der Waals surface area contributed by atoms with Gasteiger partial charge in [-0.05, 0) is 42.7 Å². The molecule has 1 aromatic carbocycles. The minimum absolute atomic E-state index is 0.344. The quantitative estimate of drug-likeness (QED) is 0.942. The Labute approximate surface area is 124 Å². The number of hydrogen-bond donors (Lipinski definition) is 1. The zero-order chi connectivity index (χ0) is 14.9. The summed E-state index contributed by atoms with van der Waals surface area (Å²) >= 11 is 0. The van der Waals surface area contributed by atoms with Crippen LogP contribution >= 0.6 is 0 Å². The highest BCUT2D eigenvalue weighted by molar-refractivity contribution is 7.89. The van der Waals surface area contributed by atoms with E-state index in [9.17, 15) is 8.42 Å². The van der Waals surface area contributed by atoms with Gasteiger partial charge in [-0.2, -0.15) is 4.31 Å². The molecule has 6 heteroatoms. The van der Waals surface area contributed by atoms with E-state index in [1.54, 1.807) is 40.8 Å². The number of rotatable bonds is 3. The zero-order valence-electron chi connectivity index (χ0n) is 11.6. The number of anilines is 1. The Morgan fingerprint density at radius 2 is 1.57 bits per heavy atom. The molecule has 0 atom stereocenters. The van der Waals surface area contributed by atoms with Gasteiger partial charge in [0, 0.05) is 24.8 Å². The summed E-state index contributed by atoms with van der Waals surface area (Å²) in [5, 5.41) is 0. The summed E-state index contributed by atoms with van der Waals surface area (Å²) in [4.78, 5) is 4.39. The second-order valence-electron chi connectivity index (χ2n) is 5.11. The number of hydrogen-bond acceptors (Lipinski definition) is 4. The van der Waals surface area contributed by atoms with Gasteiger partial charge >= 0.3 is 0 Å². The molecule has 1 aliphatic rings. The third-order valence-electron chi connectivity index (χ3n) is 3.68. The highest BCUT2D eigenvalue weighted by Crippen LogP contribution is 2.24. The van der Waals surface area contributed by atoms with E-state index in [1.807, 2.05) is 6.07 Å². The first-order valence-corrected chi connectivity index (χ1v) is 8.33. The van der Waals surface area contributed by atoms with Crippen LogP contribution in [0.5, 0.6) is 0 Å². The molecule has 2 aromatic rings. The van der Waals surface area contributed by atoms with Crippen molar-refractivity contribution in [3.8, 4) is 11.1 Å². The second kappa shape index (κ2) is 5.46. The van der Waals surface area contributed by atoms with Gasteiger partial charge in [0.15, 0.2) is 0 Å². The maximum atomic E-state index is 12.4. The Bertz CT molecular complexity index is 719. The van der Waals surface area contributed by atoms with Crippen LogP contribution in [0.1, 0.15) is 12.8 Å². The average molecular weight is 303 g/mol. The van der Waals surface area contributed by atoms with Gasteiger partial charge in [0.25, 0.3) is 0 Å². The van der Waals surface area contributed by atoms with Crippen molar-refractivity contribution in [1.29, 1.82) is 0 Å². The number of aromatic nitrogens is 1. The highest BCUT2D eigenvalue weighted by Gasteiger charge is 2.26. The van der Waals surface area contributed by atoms with Gasteiger partial charge in [0.05, 0.1) is 4.90 Å². The Balaban J connectivity index is 1.88. The largest absolute Gasteiger partial charge is 0.384 e. The highest BCUT2D eigenvalue weighted by atomic mass is 32.2. The van der Waals surface area contributed by atoms with Gasteiger partial charge < -0.3 is 5.73 Å². The summed E-state index contributed by atoms with van der Waals surface area (Å²) in [6, 6.07) is 10.5. The third kappa shape index (κ3) is 2.77. The van der Waals surface area contributed by atoms with Gasteiger partial charge in [-0.25, -0.2) is 13.4 Å². The number of nitrogen functional groups attached to an aromatic ring is 1. The van der Waals surface area contributed by atoms with Crippen molar-refractivity contribution in [1.82, 2.24) is 9.29 Å². The molecule has 0 spiro atoms. The Hall–Kier alpha value is -1.92. The number of nitrogens with two attached hydrogens (primary N) is 1. The van der Waals surface area contributed by atoms with E-state index in [0.29, 0.717) is 23.8 Å². The minimum atomic E-state index is -3.35. The molecule has 0 aliphatic carbocycles. The van der Waals surface area contributed by atoms with Crippen molar-refractivity contribution in [2.24, 2.45) is 0 Å². The third-order valence-corrected chi connectivity index (χ3v) is 5.59. The van der Waals surface area contributed by atoms with Gasteiger partial charge in [0.1, 0.15) is 5.82 Å². The zero-order valence-corrected chi connectivity index (χ0v) is 12.4. The Kier molecular flexibility index (Phi) is 3.65. The van der Waals surface area contributed by atoms with Crippen LogP contribution in [-0.2, 0) is 10.0 Å². The van der Waals surface area contributed by atoms with E-state index >= 15 is 0 Å². The van der Waals surface area contributed by atoms with Crippen LogP contribution in [0.2, 0.25) is 0 Å². The normalized spacial score (nSPS) is 16.2. The van der Waals surface area contributed by atoms with Crippen molar-refractivity contribution in [2.45, 2.75) is 17.7 Å². The molecule has 2 heterocycles. The fraction of sp³-hybridized carbons (Fsp3) is 0.267. The first kappa shape index (κ1) is 14.0. The standard InChI is InChI=1S/C15H17N3O2S/c16-15-8-5-13(11-17-15)12-3-6-14(7-4-12)21(19,20)18-9-1-2-10-18/h3-8,11H,1-2,9-10H2,(H2,16,17). The summed E-state index contributed by atoms with van der Waals surface area (Å²) in [6.45, 7) is 1.23. The summed E-state index contributed by atoms with van der Waals surface area (Å²) in [5.41, 5.74) is 7.39. The van der Waals surface area contributed by atoms with E-state index in [-0.39, 0.29) is 0 Å². The maximum Gasteiger partial charge on any atom is 0.243 e. The van der Waals surface area contributed by atoms with E-state index in [4.69, 9.17) is 5.73 Å². The van der Waals surface area contributed by atoms with E-state index in [1.165, 1.54) is 0 Å². The molecule has 2 N–H and O–H groups in total. The van der Waals surface area contributed by atoms with Crippen LogP contribution in [0.3, 0.4) is 0 Å². The molecule has 0 unspecified atom stereocenters. The summed E-state index contributed by atoms with van der Waals surface area (Å²) in [6.07, 6.45) is 3.56. The lowest BCUT2D eigenvalue weighted by Crippen LogP contribution is -2.27. The van der Waals surface area contributed by atoms with Crippen LogP contribution in [0.15, 0.2) is 47.5 Å². The molecule has 0 amide bonds. The number of benzene rings is 1. The lowest BCUT2D eigenvalue weighted by molar-refractivity contribution is 0.477. The molecule has 1 aliphatic heterocycles. The first-order valence-electron chi connectivity index (χ1n) is 6.89. The van der Waals surface area contributed by atoms with E-state index < -0.39 is 10.0 Å². The number of sulfonamides is 1. The van der Waals surface area contributed by atoms with Crippen molar-refractivity contribution in [2.75, 3.05) is 18.8 Å². The molecule has 5 nitrogen and oxygen atoms in total. The van der Waals surface area contributed by atoms with Crippen molar-refractivity contribution in [3.05, 3.63) is 42.6 Å². The van der Waals surface area contributed by atoms with Gasteiger partial charge in [-0.15, -0.1) is 0 Å². The minimum Gasteiger partial charge on any atom is -0.384 e. The SMILES string of the molecule is Nc1ccc(-c2ccc(S(=O)(=O)N3CCCC3)cc2)cn1. The van der Waals surface area contributed by atoms with Crippen LogP contribution < -0.4 is 5.73 Å².